The second-order valence-electron chi connectivity index (χ2n) is 4.90. The third-order valence-corrected chi connectivity index (χ3v) is 4.53. The minimum Gasteiger partial charge on any atom is -0.357 e. The molecule has 1 aliphatic heterocycles. The Kier molecular flexibility index (Phi) is 3.17. The molecule has 5 heteroatoms. The lowest BCUT2D eigenvalue weighted by molar-refractivity contribution is -0.115. The first-order valence-electron chi connectivity index (χ1n) is 6.20. The Bertz CT molecular complexity index is 500. The molecule has 1 heterocycles. The SMILES string of the molecule is O=C1CN(C2CCCC2)c2cc(F)c(I)cc2N1. The van der Waals surface area contributed by atoms with E-state index in [1.165, 1.54) is 12.8 Å². The normalized spacial score (nSPS) is 19.9. The lowest BCUT2D eigenvalue weighted by atomic mass is 10.1. The topological polar surface area (TPSA) is 32.3 Å². The fourth-order valence-corrected chi connectivity index (χ4v) is 3.31. The van der Waals surface area contributed by atoms with Gasteiger partial charge in [0.25, 0.3) is 0 Å². The molecule has 0 atom stereocenters. The molecule has 0 bridgehead atoms. The Labute approximate surface area is 119 Å². The summed E-state index contributed by atoms with van der Waals surface area (Å²) >= 11 is 1.95. The Balaban J connectivity index is 2.02. The first-order valence-corrected chi connectivity index (χ1v) is 7.28. The van der Waals surface area contributed by atoms with E-state index in [-0.39, 0.29) is 11.7 Å². The second kappa shape index (κ2) is 4.68. The number of halogens is 2. The highest BCUT2D eigenvalue weighted by molar-refractivity contribution is 14.1. The first kappa shape index (κ1) is 12.2. The Morgan fingerprint density at radius 1 is 1.33 bits per heavy atom. The van der Waals surface area contributed by atoms with Gasteiger partial charge in [-0.05, 0) is 41.5 Å². The zero-order valence-corrected chi connectivity index (χ0v) is 12.0. The van der Waals surface area contributed by atoms with Gasteiger partial charge in [-0.1, -0.05) is 12.8 Å². The lowest BCUT2D eigenvalue weighted by Crippen LogP contribution is -2.43. The van der Waals surface area contributed by atoms with Crippen LogP contribution in [0.2, 0.25) is 0 Å². The zero-order chi connectivity index (χ0) is 12.7. The number of hydrogen-bond acceptors (Lipinski definition) is 2. The molecule has 1 saturated carbocycles. The molecule has 1 N–H and O–H groups in total. The summed E-state index contributed by atoms with van der Waals surface area (Å²) in [6.45, 7) is 0.345. The molecule has 3 nitrogen and oxygen atoms in total. The fraction of sp³-hybridized carbons (Fsp3) is 0.462. The van der Waals surface area contributed by atoms with Crippen LogP contribution >= 0.6 is 22.6 Å². The van der Waals surface area contributed by atoms with Crippen LogP contribution in [0, 0.1) is 9.39 Å². The molecule has 0 saturated heterocycles. The molecule has 1 aromatic carbocycles. The van der Waals surface area contributed by atoms with E-state index in [0.29, 0.717) is 16.2 Å². The predicted octanol–water partition coefficient (Wildman–Crippen LogP) is 3.13. The average Bonchev–Trinajstić information content (AvgIpc) is 2.84. The van der Waals surface area contributed by atoms with Crippen molar-refractivity contribution in [2.45, 2.75) is 31.7 Å². The third kappa shape index (κ3) is 2.08. The van der Waals surface area contributed by atoms with Crippen LogP contribution in [-0.4, -0.2) is 18.5 Å². The van der Waals surface area contributed by atoms with Gasteiger partial charge in [-0.3, -0.25) is 4.79 Å². The molecule has 0 radical (unpaired) electrons. The highest BCUT2D eigenvalue weighted by Gasteiger charge is 2.30. The standard InChI is InChI=1S/C13H14FIN2O/c14-9-5-12-11(6-10(9)15)16-13(18)7-17(12)8-3-1-2-4-8/h5-6,8H,1-4,7H2,(H,16,18). The van der Waals surface area contributed by atoms with Crippen LogP contribution in [0.4, 0.5) is 15.8 Å². The number of nitrogens with one attached hydrogen (secondary N) is 1. The molecule has 18 heavy (non-hydrogen) atoms. The van der Waals surface area contributed by atoms with Gasteiger partial charge in [0.15, 0.2) is 0 Å². The molecule has 1 aromatic rings. The monoisotopic (exact) mass is 360 g/mol. The van der Waals surface area contributed by atoms with Gasteiger partial charge in [-0.25, -0.2) is 4.39 Å². The van der Waals surface area contributed by atoms with Crippen LogP contribution in [-0.2, 0) is 4.79 Å². The lowest BCUT2D eigenvalue weighted by Gasteiger charge is -2.35. The Morgan fingerprint density at radius 3 is 2.78 bits per heavy atom. The van der Waals surface area contributed by atoms with Crippen molar-refractivity contribution in [2.24, 2.45) is 0 Å². The number of fused-ring (bicyclic) bond motifs is 1. The van der Waals surface area contributed by atoms with Crippen molar-refractivity contribution in [1.82, 2.24) is 0 Å². The number of rotatable bonds is 1. The van der Waals surface area contributed by atoms with Crippen molar-refractivity contribution in [2.75, 3.05) is 16.8 Å². The summed E-state index contributed by atoms with van der Waals surface area (Å²) < 4.78 is 14.3. The van der Waals surface area contributed by atoms with E-state index in [2.05, 4.69) is 10.2 Å². The largest absolute Gasteiger partial charge is 0.357 e. The average molecular weight is 360 g/mol. The smallest absolute Gasteiger partial charge is 0.243 e. The van der Waals surface area contributed by atoms with Crippen molar-refractivity contribution >= 4 is 39.9 Å². The third-order valence-electron chi connectivity index (χ3n) is 3.70. The zero-order valence-electron chi connectivity index (χ0n) is 9.88. The van der Waals surface area contributed by atoms with Crippen LogP contribution in [0.5, 0.6) is 0 Å². The van der Waals surface area contributed by atoms with Crippen molar-refractivity contribution in [3.05, 3.63) is 21.5 Å². The molecular formula is C13H14FIN2O. The maximum Gasteiger partial charge on any atom is 0.243 e. The van der Waals surface area contributed by atoms with Gasteiger partial charge in [-0.15, -0.1) is 0 Å². The minimum absolute atomic E-state index is 0.00296. The Hall–Kier alpha value is -0.850. The molecular weight excluding hydrogens is 346 g/mol. The number of carbonyl (C=O) groups excluding carboxylic acids is 1. The summed E-state index contributed by atoms with van der Waals surface area (Å²) in [5.41, 5.74) is 1.57. The summed E-state index contributed by atoms with van der Waals surface area (Å²) in [6, 6.07) is 3.65. The van der Waals surface area contributed by atoms with Crippen LogP contribution in [0.25, 0.3) is 0 Å². The van der Waals surface area contributed by atoms with Gasteiger partial charge in [0.2, 0.25) is 5.91 Å². The number of hydrogen-bond donors (Lipinski definition) is 1. The predicted molar refractivity (Wildman–Crippen MR) is 77.3 cm³/mol. The van der Waals surface area contributed by atoms with Crippen molar-refractivity contribution < 1.29 is 9.18 Å². The minimum atomic E-state index is -0.214. The van der Waals surface area contributed by atoms with Gasteiger partial charge in [-0.2, -0.15) is 0 Å². The fourth-order valence-electron chi connectivity index (χ4n) is 2.85. The van der Waals surface area contributed by atoms with E-state index in [9.17, 15) is 9.18 Å². The molecule has 0 unspecified atom stereocenters. The number of anilines is 2. The van der Waals surface area contributed by atoms with E-state index in [0.717, 1.165) is 24.2 Å². The number of benzene rings is 1. The molecule has 1 fully saturated rings. The Morgan fingerprint density at radius 2 is 2.06 bits per heavy atom. The second-order valence-corrected chi connectivity index (χ2v) is 6.06. The summed E-state index contributed by atoms with van der Waals surface area (Å²) in [5, 5.41) is 2.83. The molecule has 1 aliphatic carbocycles. The summed E-state index contributed by atoms with van der Waals surface area (Å²) in [5.74, 6) is -0.217. The number of amides is 1. The van der Waals surface area contributed by atoms with Gasteiger partial charge in [0, 0.05) is 12.1 Å². The van der Waals surface area contributed by atoms with E-state index >= 15 is 0 Å². The summed E-state index contributed by atoms with van der Waals surface area (Å²) in [4.78, 5) is 13.8. The quantitative estimate of drug-likeness (QED) is 0.781. The number of nitrogens with zero attached hydrogens (tertiary/aromatic N) is 1. The maximum absolute atomic E-state index is 13.7. The summed E-state index contributed by atoms with van der Waals surface area (Å²) in [6.07, 6.45) is 4.59. The number of carbonyl (C=O) groups is 1. The van der Waals surface area contributed by atoms with Gasteiger partial charge >= 0.3 is 0 Å². The van der Waals surface area contributed by atoms with Crippen LogP contribution in [0.3, 0.4) is 0 Å². The summed E-state index contributed by atoms with van der Waals surface area (Å²) in [7, 11) is 0. The molecule has 0 spiro atoms. The van der Waals surface area contributed by atoms with E-state index in [1.807, 2.05) is 22.6 Å². The first-order chi connectivity index (χ1) is 8.65. The van der Waals surface area contributed by atoms with Crippen LogP contribution in [0.15, 0.2) is 12.1 Å². The molecule has 96 valence electrons. The van der Waals surface area contributed by atoms with Crippen LogP contribution in [0.1, 0.15) is 25.7 Å². The van der Waals surface area contributed by atoms with Gasteiger partial charge in [0.1, 0.15) is 5.82 Å². The van der Waals surface area contributed by atoms with Crippen molar-refractivity contribution in [3.63, 3.8) is 0 Å². The maximum atomic E-state index is 13.7. The van der Waals surface area contributed by atoms with E-state index in [1.54, 1.807) is 12.1 Å². The van der Waals surface area contributed by atoms with Gasteiger partial charge in [0.05, 0.1) is 21.5 Å². The van der Waals surface area contributed by atoms with E-state index in [4.69, 9.17) is 0 Å². The van der Waals surface area contributed by atoms with E-state index < -0.39 is 0 Å². The van der Waals surface area contributed by atoms with Crippen molar-refractivity contribution in [3.8, 4) is 0 Å². The molecule has 1 amide bonds. The molecule has 0 aromatic heterocycles. The highest BCUT2D eigenvalue weighted by Crippen LogP contribution is 2.37. The van der Waals surface area contributed by atoms with Crippen molar-refractivity contribution in [1.29, 1.82) is 0 Å². The van der Waals surface area contributed by atoms with Crippen LogP contribution < -0.4 is 10.2 Å². The highest BCUT2D eigenvalue weighted by atomic mass is 127. The van der Waals surface area contributed by atoms with Gasteiger partial charge < -0.3 is 10.2 Å². The molecule has 2 aliphatic rings. The molecule has 3 rings (SSSR count).